The summed E-state index contributed by atoms with van der Waals surface area (Å²) in [7, 11) is 0. The molecule has 1 aromatic rings. The predicted molar refractivity (Wildman–Crippen MR) is 67.6 cm³/mol. The van der Waals surface area contributed by atoms with Crippen LogP contribution in [0.5, 0.6) is 5.75 Å². The normalized spacial score (nSPS) is 12.8. The van der Waals surface area contributed by atoms with Crippen molar-refractivity contribution in [2.45, 2.75) is 25.3 Å². The van der Waals surface area contributed by atoms with Crippen molar-refractivity contribution in [2.75, 3.05) is 0 Å². The molecule has 0 fully saturated rings. The Hall–Kier alpha value is -2.10. The summed E-state index contributed by atoms with van der Waals surface area (Å²) in [5.74, 6) is -3.94. The highest BCUT2D eigenvalue weighted by molar-refractivity contribution is 6.31. The maximum Gasteiger partial charge on any atom is 0.391 e. The van der Waals surface area contributed by atoms with Crippen molar-refractivity contribution in [1.29, 1.82) is 0 Å². The van der Waals surface area contributed by atoms with Crippen molar-refractivity contribution in [2.24, 2.45) is 0 Å². The fourth-order valence-electron chi connectivity index (χ4n) is 1.55. The number of ether oxygens (including phenoxy) is 1. The van der Waals surface area contributed by atoms with Gasteiger partial charge in [-0.05, 0) is 18.2 Å². The van der Waals surface area contributed by atoms with Gasteiger partial charge in [0.15, 0.2) is 0 Å². The lowest BCUT2D eigenvalue weighted by Crippen LogP contribution is -2.43. The molecule has 0 heterocycles. The van der Waals surface area contributed by atoms with Gasteiger partial charge in [-0.2, -0.15) is 22.0 Å². The largest absolute Gasteiger partial charge is 0.480 e. The SMILES string of the molecule is O=C(NC(CC(F)(F)F)C(=O)O)c1cc(Cl)ccc1OC(F)F. The first kappa shape index (κ1) is 18.9. The average Bonchev–Trinajstić information content (AvgIpc) is 2.37. The molecule has 1 amide bonds. The van der Waals surface area contributed by atoms with E-state index in [1.807, 2.05) is 0 Å². The average molecular weight is 362 g/mol. The maximum absolute atomic E-state index is 12.3. The number of aliphatic carboxylic acids is 1. The van der Waals surface area contributed by atoms with Gasteiger partial charge in [0.05, 0.1) is 12.0 Å². The van der Waals surface area contributed by atoms with Crippen molar-refractivity contribution in [1.82, 2.24) is 5.32 Å². The number of amides is 1. The number of nitrogens with one attached hydrogen (secondary N) is 1. The third-order valence-electron chi connectivity index (χ3n) is 2.44. The number of hydrogen-bond donors (Lipinski definition) is 2. The minimum absolute atomic E-state index is 0.0838. The molecule has 0 saturated carbocycles. The van der Waals surface area contributed by atoms with E-state index in [-0.39, 0.29) is 5.02 Å². The van der Waals surface area contributed by atoms with Gasteiger partial charge in [0.1, 0.15) is 11.8 Å². The van der Waals surface area contributed by atoms with Crippen molar-refractivity contribution in [3.05, 3.63) is 28.8 Å². The third kappa shape index (κ3) is 6.27. The van der Waals surface area contributed by atoms with Gasteiger partial charge in [-0.3, -0.25) is 4.79 Å². The van der Waals surface area contributed by atoms with Crippen LogP contribution in [0.25, 0.3) is 0 Å². The molecule has 0 aromatic heterocycles. The lowest BCUT2D eigenvalue weighted by Gasteiger charge is -2.17. The number of halogens is 6. The van der Waals surface area contributed by atoms with Gasteiger partial charge in [0.25, 0.3) is 5.91 Å². The first-order valence-corrected chi connectivity index (χ1v) is 6.22. The molecule has 0 radical (unpaired) electrons. The number of carbonyl (C=O) groups is 2. The van der Waals surface area contributed by atoms with Gasteiger partial charge in [0.2, 0.25) is 0 Å². The third-order valence-corrected chi connectivity index (χ3v) is 2.68. The quantitative estimate of drug-likeness (QED) is 0.764. The Bertz CT molecular complexity index is 593. The molecule has 0 bridgehead atoms. The Morgan fingerprint density at radius 2 is 1.91 bits per heavy atom. The van der Waals surface area contributed by atoms with Crippen LogP contribution in [-0.4, -0.2) is 35.8 Å². The molecule has 1 atom stereocenters. The summed E-state index contributed by atoms with van der Waals surface area (Å²) >= 11 is 5.58. The van der Waals surface area contributed by atoms with E-state index in [9.17, 15) is 31.5 Å². The van der Waals surface area contributed by atoms with Crippen LogP contribution >= 0.6 is 11.6 Å². The Kier molecular flexibility index (Phi) is 6.13. The van der Waals surface area contributed by atoms with Crippen molar-refractivity contribution < 1.29 is 41.4 Å². The van der Waals surface area contributed by atoms with Crippen LogP contribution in [0, 0.1) is 0 Å². The molecule has 5 nitrogen and oxygen atoms in total. The molecule has 0 aliphatic carbocycles. The van der Waals surface area contributed by atoms with E-state index in [0.717, 1.165) is 18.2 Å². The predicted octanol–water partition coefficient (Wildman–Crippen LogP) is 3.08. The fourth-order valence-corrected chi connectivity index (χ4v) is 1.72. The topological polar surface area (TPSA) is 75.6 Å². The molecule has 11 heteroatoms. The number of carboxylic acids is 1. The molecule has 1 unspecified atom stereocenters. The molecule has 0 aliphatic heterocycles. The van der Waals surface area contributed by atoms with Crippen LogP contribution < -0.4 is 10.1 Å². The number of carbonyl (C=O) groups excluding carboxylic acids is 1. The van der Waals surface area contributed by atoms with Crippen LogP contribution in [0.15, 0.2) is 18.2 Å². The lowest BCUT2D eigenvalue weighted by molar-refractivity contribution is -0.157. The Morgan fingerprint density at radius 1 is 1.30 bits per heavy atom. The molecule has 1 aromatic carbocycles. The molecule has 0 spiro atoms. The van der Waals surface area contributed by atoms with E-state index in [1.165, 1.54) is 0 Å². The van der Waals surface area contributed by atoms with Gasteiger partial charge in [0, 0.05) is 5.02 Å². The standard InChI is InChI=1S/C12H9ClF5NO4/c13-5-1-2-8(23-11(14)15)6(3-5)9(20)19-7(10(21)22)4-12(16,17)18/h1-3,7,11H,4H2,(H,19,20)(H,21,22). The molecule has 1 rings (SSSR count). The van der Waals surface area contributed by atoms with Gasteiger partial charge in [-0.1, -0.05) is 11.6 Å². The fraction of sp³-hybridized carbons (Fsp3) is 0.333. The van der Waals surface area contributed by atoms with Gasteiger partial charge in [-0.25, -0.2) is 4.79 Å². The molecule has 2 N–H and O–H groups in total. The Labute approximate surface area is 131 Å². The van der Waals surface area contributed by atoms with Gasteiger partial charge < -0.3 is 15.2 Å². The first-order chi connectivity index (χ1) is 10.5. The molecule has 23 heavy (non-hydrogen) atoms. The van der Waals surface area contributed by atoms with Crippen molar-refractivity contribution >= 4 is 23.5 Å². The highest BCUT2D eigenvalue weighted by Gasteiger charge is 2.36. The Balaban J connectivity index is 3.03. The number of alkyl halides is 5. The van der Waals surface area contributed by atoms with Crippen molar-refractivity contribution in [3.8, 4) is 5.75 Å². The van der Waals surface area contributed by atoms with E-state index in [4.69, 9.17) is 16.7 Å². The summed E-state index contributed by atoms with van der Waals surface area (Å²) < 4.78 is 65.4. The highest BCUT2D eigenvalue weighted by atomic mass is 35.5. The maximum atomic E-state index is 12.3. The van der Waals surface area contributed by atoms with E-state index >= 15 is 0 Å². The molecule has 0 aliphatic rings. The van der Waals surface area contributed by atoms with Crippen molar-refractivity contribution in [3.63, 3.8) is 0 Å². The summed E-state index contributed by atoms with van der Waals surface area (Å²) in [6, 6.07) is 0.589. The molecular formula is C12H9ClF5NO4. The molecule has 128 valence electrons. The summed E-state index contributed by atoms with van der Waals surface area (Å²) in [5, 5.41) is 10.2. The molecule has 0 saturated heterocycles. The van der Waals surface area contributed by atoms with E-state index in [1.54, 1.807) is 5.32 Å². The smallest absolute Gasteiger partial charge is 0.391 e. The zero-order valence-corrected chi connectivity index (χ0v) is 11.8. The second kappa shape index (κ2) is 7.44. The molecular weight excluding hydrogens is 353 g/mol. The number of hydrogen-bond acceptors (Lipinski definition) is 3. The number of carboxylic acid groups (broad SMARTS) is 1. The second-order valence-corrected chi connectivity index (χ2v) is 4.64. The van der Waals surface area contributed by atoms with Crippen LogP contribution in [-0.2, 0) is 4.79 Å². The lowest BCUT2D eigenvalue weighted by atomic mass is 10.1. The van der Waals surface area contributed by atoms with E-state index in [0.29, 0.717) is 0 Å². The zero-order chi connectivity index (χ0) is 17.8. The summed E-state index contributed by atoms with van der Waals surface area (Å²) in [4.78, 5) is 22.7. The number of rotatable bonds is 6. The minimum Gasteiger partial charge on any atom is -0.480 e. The van der Waals surface area contributed by atoms with Crippen LogP contribution in [0.2, 0.25) is 5.02 Å². The van der Waals surface area contributed by atoms with Crippen LogP contribution in [0.3, 0.4) is 0 Å². The van der Waals surface area contributed by atoms with E-state index in [2.05, 4.69) is 4.74 Å². The van der Waals surface area contributed by atoms with Crippen LogP contribution in [0.1, 0.15) is 16.8 Å². The summed E-state index contributed by atoms with van der Waals surface area (Å²) in [6.07, 6.45) is -6.69. The summed E-state index contributed by atoms with van der Waals surface area (Å²) in [5.41, 5.74) is -0.619. The van der Waals surface area contributed by atoms with Crippen LogP contribution in [0.4, 0.5) is 22.0 Å². The minimum atomic E-state index is -4.85. The second-order valence-electron chi connectivity index (χ2n) is 4.20. The summed E-state index contributed by atoms with van der Waals surface area (Å²) in [6.45, 7) is -3.30. The highest BCUT2D eigenvalue weighted by Crippen LogP contribution is 2.26. The zero-order valence-electron chi connectivity index (χ0n) is 11.0. The van der Waals surface area contributed by atoms with E-state index < -0.39 is 48.4 Å². The number of benzene rings is 1. The first-order valence-electron chi connectivity index (χ1n) is 5.84. The Morgan fingerprint density at radius 3 is 2.39 bits per heavy atom. The van der Waals surface area contributed by atoms with Gasteiger partial charge in [-0.15, -0.1) is 0 Å². The van der Waals surface area contributed by atoms with Gasteiger partial charge >= 0.3 is 18.8 Å². The monoisotopic (exact) mass is 361 g/mol.